The highest BCUT2D eigenvalue weighted by molar-refractivity contribution is 8.01. The van der Waals surface area contributed by atoms with E-state index in [0.717, 1.165) is 5.56 Å². The third-order valence-electron chi connectivity index (χ3n) is 4.76. The van der Waals surface area contributed by atoms with Crippen LogP contribution in [0.4, 0.5) is 10.1 Å². The predicted molar refractivity (Wildman–Crippen MR) is 110 cm³/mol. The van der Waals surface area contributed by atoms with E-state index in [4.69, 9.17) is 0 Å². The minimum absolute atomic E-state index is 0.0967. The van der Waals surface area contributed by atoms with E-state index in [9.17, 15) is 19.1 Å². The van der Waals surface area contributed by atoms with E-state index in [1.54, 1.807) is 59.6 Å². The van der Waals surface area contributed by atoms with Crippen LogP contribution in [0.25, 0.3) is 0 Å². The minimum Gasteiger partial charge on any atom is -0.508 e. The molecule has 1 fully saturated rings. The van der Waals surface area contributed by atoms with Crippen molar-refractivity contribution in [2.45, 2.75) is 11.3 Å². The second-order valence-electron chi connectivity index (χ2n) is 6.62. The number of carbonyl (C=O) groups is 2. The molecule has 1 amide bonds. The predicted octanol–water partition coefficient (Wildman–Crippen LogP) is 4.00. The Balaban J connectivity index is 1.57. The largest absolute Gasteiger partial charge is 0.508 e. The van der Waals surface area contributed by atoms with E-state index in [1.807, 2.05) is 0 Å². The summed E-state index contributed by atoms with van der Waals surface area (Å²) >= 11 is 1.28. The van der Waals surface area contributed by atoms with E-state index in [1.165, 1.54) is 30.1 Å². The van der Waals surface area contributed by atoms with Crippen molar-refractivity contribution in [2.75, 3.05) is 10.7 Å². The molecule has 2 unspecified atom stereocenters. The number of amides is 1. The number of halogens is 1. The van der Waals surface area contributed by atoms with Gasteiger partial charge in [0.05, 0.1) is 11.8 Å². The molecular formula is C22H17FN2O3S. The molecular weight excluding hydrogens is 391 g/mol. The van der Waals surface area contributed by atoms with E-state index in [2.05, 4.69) is 4.98 Å². The molecule has 0 saturated carbocycles. The molecule has 5 nitrogen and oxygen atoms in total. The molecule has 1 aliphatic heterocycles. The summed E-state index contributed by atoms with van der Waals surface area (Å²) in [6.07, 6.45) is 3.11. The molecule has 146 valence electrons. The molecule has 1 aromatic heterocycles. The standard InChI is InChI=1S/C22H17FN2O3S/c23-16-5-7-17(8-6-16)25-20(14-3-9-18(26)10-4-14)21(22(25)28)29-13-19(27)15-2-1-11-24-12-15/h1-12,20-21,26H,13H2. The van der Waals surface area contributed by atoms with Crippen molar-refractivity contribution < 1.29 is 19.1 Å². The number of phenols is 1. The van der Waals surface area contributed by atoms with E-state index in [-0.39, 0.29) is 35.1 Å². The Morgan fingerprint density at radius 3 is 2.48 bits per heavy atom. The van der Waals surface area contributed by atoms with Gasteiger partial charge in [-0.05, 0) is 54.1 Å². The molecule has 1 aliphatic rings. The molecule has 7 heteroatoms. The molecule has 1 saturated heterocycles. The van der Waals surface area contributed by atoms with Gasteiger partial charge in [0.25, 0.3) is 0 Å². The lowest BCUT2D eigenvalue weighted by atomic mass is 9.92. The summed E-state index contributed by atoms with van der Waals surface area (Å²) in [4.78, 5) is 30.8. The molecule has 1 N–H and O–H groups in total. The van der Waals surface area contributed by atoms with Crippen LogP contribution in [-0.4, -0.2) is 32.8 Å². The number of nitrogens with zero attached hydrogens (tertiary/aromatic N) is 2. The summed E-state index contributed by atoms with van der Waals surface area (Å²) in [6, 6.07) is 15.4. The number of anilines is 1. The van der Waals surface area contributed by atoms with Crippen molar-refractivity contribution >= 4 is 29.1 Å². The van der Waals surface area contributed by atoms with Gasteiger partial charge < -0.3 is 10.0 Å². The Morgan fingerprint density at radius 2 is 1.83 bits per heavy atom. The number of hydrogen-bond donors (Lipinski definition) is 1. The van der Waals surface area contributed by atoms with E-state index < -0.39 is 5.25 Å². The van der Waals surface area contributed by atoms with Crippen LogP contribution in [0.1, 0.15) is 22.0 Å². The molecule has 3 aromatic rings. The number of carbonyl (C=O) groups excluding carboxylic acids is 2. The number of ketones is 1. The maximum Gasteiger partial charge on any atom is 0.243 e. The van der Waals surface area contributed by atoms with Crippen LogP contribution < -0.4 is 4.90 Å². The molecule has 2 atom stereocenters. The van der Waals surface area contributed by atoms with Gasteiger partial charge in [0.1, 0.15) is 16.8 Å². The van der Waals surface area contributed by atoms with Gasteiger partial charge in [-0.25, -0.2) is 4.39 Å². The fraction of sp³-hybridized carbons (Fsp3) is 0.136. The van der Waals surface area contributed by atoms with Crippen molar-refractivity contribution in [3.05, 3.63) is 90.0 Å². The summed E-state index contributed by atoms with van der Waals surface area (Å²) in [7, 11) is 0. The number of thioether (sulfide) groups is 1. The first-order chi connectivity index (χ1) is 14.0. The van der Waals surface area contributed by atoms with Gasteiger partial charge in [-0.3, -0.25) is 14.6 Å². The number of β-lactam (4-membered cyclic amide) rings is 1. The molecule has 0 radical (unpaired) electrons. The highest BCUT2D eigenvalue weighted by atomic mass is 32.2. The zero-order valence-electron chi connectivity index (χ0n) is 15.2. The topological polar surface area (TPSA) is 70.5 Å². The molecule has 2 aromatic carbocycles. The van der Waals surface area contributed by atoms with E-state index >= 15 is 0 Å². The van der Waals surface area contributed by atoms with Crippen LogP contribution in [0.2, 0.25) is 0 Å². The van der Waals surface area contributed by atoms with Crippen LogP contribution >= 0.6 is 11.8 Å². The lowest BCUT2D eigenvalue weighted by Gasteiger charge is -2.47. The summed E-state index contributed by atoms with van der Waals surface area (Å²) < 4.78 is 13.3. The first-order valence-electron chi connectivity index (χ1n) is 8.97. The number of phenolic OH excluding ortho intramolecular Hbond substituents is 1. The number of pyridine rings is 1. The SMILES string of the molecule is O=C(CSC1C(=O)N(c2ccc(F)cc2)C1c1ccc(O)cc1)c1cccnc1. The van der Waals surface area contributed by atoms with Crippen molar-refractivity contribution in [1.82, 2.24) is 4.98 Å². The molecule has 0 spiro atoms. The number of rotatable bonds is 6. The summed E-state index contributed by atoms with van der Waals surface area (Å²) in [5.74, 6) is -0.340. The molecule has 29 heavy (non-hydrogen) atoms. The first-order valence-corrected chi connectivity index (χ1v) is 10.0. The summed E-state index contributed by atoms with van der Waals surface area (Å²) in [6.45, 7) is 0. The fourth-order valence-electron chi connectivity index (χ4n) is 3.29. The normalized spacial score (nSPS) is 18.4. The summed E-state index contributed by atoms with van der Waals surface area (Å²) in [5, 5.41) is 9.13. The van der Waals surface area contributed by atoms with Gasteiger partial charge >= 0.3 is 0 Å². The van der Waals surface area contributed by atoms with Crippen LogP contribution in [-0.2, 0) is 4.79 Å². The Kier molecular flexibility index (Phi) is 5.31. The minimum atomic E-state index is -0.454. The monoisotopic (exact) mass is 408 g/mol. The van der Waals surface area contributed by atoms with Gasteiger partial charge in [-0.15, -0.1) is 11.8 Å². The summed E-state index contributed by atoms with van der Waals surface area (Å²) in [5.41, 5.74) is 1.92. The average molecular weight is 408 g/mol. The maximum atomic E-state index is 13.3. The van der Waals surface area contributed by atoms with Crippen LogP contribution in [0.3, 0.4) is 0 Å². The van der Waals surface area contributed by atoms with Gasteiger partial charge in [-0.2, -0.15) is 0 Å². The van der Waals surface area contributed by atoms with Gasteiger partial charge in [-0.1, -0.05) is 12.1 Å². The van der Waals surface area contributed by atoms with Crippen molar-refractivity contribution in [3.63, 3.8) is 0 Å². The third-order valence-corrected chi connectivity index (χ3v) is 6.01. The average Bonchev–Trinajstić information content (AvgIpc) is 2.74. The number of aromatic nitrogens is 1. The Morgan fingerprint density at radius 1 is 1.10 bits per heavy atom. The number of Topliss-reactive ketones (excluding diaryl/α,β-unsaturated/α-hetero) is 1. The number of benzene rings is 2. The van der Waals surface area contributed by atoms with Crippen LogP contribution in [0.15, 0.2) is 73.1 Å². The second-order valence-corrected chi connectivity index (χ2v) is 7.75. The van der Waals surface area contributed by atoms with Crippen molar-refractivity contribution in [2.24, 2.45) is 0 Å². The van der Waals surface area contributed by atoms with Crippen LogP contribution in [0, 0.1) is 5.82 Å². The van der Waals surface area contributed by atoms with Gasteiger partial charge in [0, 0.05) is 23.6 Å². The smallest absolute Gasteiger partial charge is 0.243 e. The Labute approximate surface area is 171 Å². The Bertz CT molecular complexity index is 1030. The number of aromatic hydroxyl groups is 1. The fourth-order valence-corrected chi connectivity index (χ4v) is 4.50. The second kappa shape index (κ2) is 8.05. The Hall–Kier alpha value is -3.19. The number of hydrogen-bond acceptors (Lipinski definition) is 5. The molecule has 4 rings (SSSR count). The maximum absolute atomic E-state index is 13.3. The molecule has 0 aliphatic carbocycles. The van der Waals surface area contributed by atoms with E-state index in [0.29, 0.717) is 11.3 Å². The van der Waals surface area contributed by atoms with Gasteiger partial charge in [0.15, 0.2) is 5.78 Å². The quantitative estimate of drug-likeness (QED) is 0.493. The zero-order chi connectivity index (χ0) is 20.4. The molecule has 2 heterocycles. The highest BCUT2D eigenvalue weighted by Gasteiger charge is 2.49. The van der Waals surface area contributed by atoms with Gasteiger partial charge in [0.2, 0.25) is 5.91 Å². The lowest BCUT2D eigenvalue weighted by molar-refractivity contribution is -0.123. The first kappa shape index (κ1) is 19.1. The lowest BCUT2D eigenvalue weighted by Crippen LogP contribution is -2.57. The zero-order valence-corrected chi connectivity index (χ0v) is 16.1. The van der Waals surface area contributed by atoms with Crippen LogP contribution in [0.5, 0.6) is 5.75 Å². The third kappa shape index (κ3) is 3.86. The highest BCUT2D eigenvalue weighted by Crippen LogP contribution is 2.45. The molecule has 0 bridgehead atoms. The van der Waals surface area contributed by atoms with Crippen molar-refractivity contribution in [3.8, 4) is 5.75 Å². The van der Waals surface area contributed by atoms with Crippen molar-refractivity contribution in [1.29, 1.82) is 0 Å².